The summed E-state index contributed by atoms with van der Waals surface area (Å²) in [6, 6.07) is 10.2. The van der Waals surface area contributed by atoms with Gasteiger partial charge in [-0.05, 0) is 0 Å². The number of benzene rings is 1. The number of hydrogen-bond donors (Lipinski definition) is 1. The third kappa shape index (κ3) is 2.81. The third-order valence-corrected chi connectivity index (χ3v) is 3.52. The van der Waals surface area contributed by atoms with E-state index >= 15 is 0 Å². The molecule has 16 heavy (non-hydrogen) atoms. The van der Waals surface area contributed by atoms with Crippen LogP contribution < -0.4 is 5.43 Å². The van der Waals surface area contributed by atoms with Gasteiger partial charge in [-0.15, -0.1) is 0 Å². The second-order valence-electron chi connectivity index (χ2n) is 3.57. The normalized spacial score (nSPS) is 9.88. The number of hydrazone groups is 1. The molecular weight excluding hydrogens is 265 g/mol. The summed E-state index contributed by atoms with van der Waals surface area (Å²) >= 11 is 0.268. The molecule has 4 heteroatoms. The van der Waals surface area contributed by atoms with Gasteiger partial charge in [0.1, 0.15) is 0 Å². The summed E-state index contributed by atoms with van der Waals surface area (Å²) in [6.07, 6.45) is 0. The fourth-order valence-corrected chi connectivity index (χ4v) is 2.61. The van der Waals surface area contributed by atoms with Gasteiger partial charge in [0.25, 0.3) is 0 Å². The first-order valence-electron chi connectivity index (χ1n) is 5.03. The Morgan fingerprint density at radius 2 is 2.00 bits per heavy atom. The Bertz CT molecular complexity index is 484. The molecule has 1 aromatic carbocycles. The first kappa shape index (κ1) is 11.1. The van der Waals surface area contributed by atoms with Gasteiger partial charge in [-0.1, -0.05) is 0 Å². The zero-order chi connectivity index (χ0) is 11.4. The van der Waals surface area contributed by atoms with Crippen molar-refractivity contribution in [2.24, 2.45) is 5.10 Å². The maximum absolute atomic E-state index is 4.52. The second-order valence-corrected chi connectivity index (χ2v) is 5.38. The predicted molar refractivity (Wildman–Crippen MR) is 69.0 cm³/mol. The van der Waals surface area contributed by atoms with Crippen LogP contribution in [0.5, 0.6) is 0 Å². The number of hydrogen-bond acceptors (Lipinski definition) is 3. The van der Waals surface area contributed by atoms with Crippen LogP contribution in [0.2, 0.25) is 0 Å². The SMILES string of the molecule is CC(C)=NNc1nc(-c2ccccc2)c[se]1. The Hall–Kier alpha value is -1.38. The van der Waals surface area contributed by atoms with Gasteiger partial charge in [0.05, 0.1) is 0 Å². The minimum absolute atomic E-state index is 0.268. The van der Waals surface area contributed by atoms with Crippen LogP contribution in [0.25, 0.3) is 11.3 Å². The Labute approximate surface area is 101 Å². The summed E-state index contributed by atoms with van der Waals surface area (Å²) in [6.45, 7) is 3.92. The van der Waals surface area contributed by atoms with E-state index in [0.29, 0.717) is 0 Å². The van der Waals surface area contributed by atoms with Crippen molar-refractivity contribution in [2.75, 3.05) is 5.43 Å². The first-order valence-corrected chi connectivity index (χ1v) is 6.88. The summed E-state index contributed by atoms with van der Waals surface area (Å²) in [5.41, 5.74) is 6.21. The molecule has 0 amide bonds. The topological polar surface area (TPSA) is 37.3 Å². The average molecular weight is 278 g/mol. The van der Waals surface area contributed by atoms with Gasteiger partial charge in [-0.3, -0.25) is 0 Å². The second kappa shape index (κ2) is 5.10. The van der Waals surface area contributed by atoms with Gasteiger partial charge in [-0.2, -0.15) is 0 Å². The van der Waals surface area contributed by atoms with E-state index in [1.165, 1.54) is 5.56 Å². The van der Waals surface area contributed by atoms with Crippen LogP contribution in [0.4, 0.5) is 4.69 Å². The standard InChI is InChI=1S/C12H13N3Se/c1-9(2)14-15-12-13-11(8-16-12)10-6-4-3-5-7-10/h3-8H,1-2H3,(H,13,15). The van der Waals surface area contributed by atoms with Crippen molar-refractivity contribution < 1.29 is 0 Å². The number of nitrogens with zero attached hydrogens (tertiary/aromatic N) is 2. The van der Waals surface area contributed by atoms with Gasteiger partial charge in [0.2, 0.25) is 0 Å². The number of anilines is 1. The molecule has 82 valence electrons. The van der Waals surface area contributed by atoms with Gasteiger partial charge in [-0.25, -0.2) is 0 Å². The molecule has 1 aromatic heterocycles. The van der Waals surface area contributed by atoms with Crippen LogP contribution in [-0.4, -0.2) is 25.2 Å². The molecule has 0 radical (unpaired) electrons. The number of rotatable bonds is 3. The van der Waals surface area contributed by atoms with Gasteiger partial charge < -0.3 is 0 Å². The molecule has 2 aromatic rings. The minimum atomic E-state index is 0.268. The van der Waals surface area contributed by atoms with Crippen molar-refractivity contribution in [2.45, 2.75) is 13.8 Å². The summed E-state index contributed by atoms with van der Waals surface area (Å²) in [7, 11) is 0. The van der Waals surface area contributed by atoms with E-state index < -0.39 is 0 Å². The molecular formula is C12H13N3Se. The van der Waals surface area contributed by atoms with Gasteiger partial charge in [0, 0.05) is 0 Å². The Kier molecular flexibility index (Phi) is 3.54. The summed E-state index contributed by atoms with van der Waals surface area (Å²) in [4.78, 5) is 6.69. The fourth-order valence-electron chi connectivity index (χ4n) is 1.23. The number of nitrogens with one attached hydrogen (secondary N) is 1. The molecule has 2 rings (SSSR count). The van der Waals surface area contributed by atoms with Crippen LogP contribution in [0.15, 0.2) is 40.4 Å². The Morgan fingerprint density at radius 1 is 1.25 bits per heavy atom. The molecule has 0 spiro atoms. The van der Waals surface area contributed by atoms with Gasteiger partial charge in [0.15, 0.2) is 0 Å². The molecule has 0 saturated carbocycles. The maximum atomic E-state index is 4.52. The van der Waals surface area contributed by atoms with E-state index in [2.05, 4.69) is 32.6 Å². The van der Waals surface area contributed by atoms with Crippen molar-refractivity contribution in [3.63, 3.8) is 0 Å². The van der Waals surface area contributed by atoms with Crippen LogP contribution in [0, 0.1) is 0 Å². The predicted octanol–water partition coefficient (Wildman–Crippen LogP) is 2.61. The molecule has 1 heterocycles. The van der Waals surface area contributed by atoms with Crippen molar-refractivity contribution in [3.05, 3.63) is 35.3 Å². The molecule has 1 N–H and O–H groups in total. The van der Waals surface area contributed by atoms with E-state index in [9.17, 15) is 0 Å². The van der Waals surface area contributed by atoms with Crippen LogP contribution >= 0.6 is 0 Å². The van der Waals surface area contributed by atoms with Crippen molar-refractivity contribution in [1.82, 2.24) is 4.98 Å². The van der Waals surface area contributed by atoms with E-state index in [1.54, 1.807) is 0 Å². The van der Waals surface area contributed by atoms with Crippen molar-refractivity contribution >= 4 is 24.9 Å². The zero-order valence-corrected chi connectivity index (χ0v) is 11.0. The zero-order valence-electron chi connectivity index (χ0n) is 9.27. The Morgan fingerprint density at radius 3 is 2.69 bits per heavy atom. The monoisotopic (exact) mass is 279 g/mol. The van der Waals surface area contributed by atoms with Crippen LogP contribution in [0.3, 0.4) is 0 Å². The first-order chi connectivity index (χ1) is 7.75. The molecule has 0 saturated heterocycles. The quantitative estimate of drug-likeness (QED) is 0.532. The summed E-state index contributed by atoms with van der Waals surface area (Å²) < 4.78 is 0.965. The number of aromatic nitrogens is 1. The summed E-state index contributed by atoms with van der Waals surface area (Å²) in [5.74, 6) is 0. The third-order valence-electron chi connectivity index (χ3n) is 1.95. The molecule has 0 fully saturated rings. The van der Waals surface area contributed by atoms with E-state index in [-0.39, 0.29) is 14.5 Å². The fraction of sp³-hybridized carbons (Fsp3) is 0.167. The molecule has 0 aliphatic heterocycles. The van der Waals surface area contributed by atoms with Crippen molar-refractivity contribution in [3.8, 4) is 11.3 Å². The van der Waals surface area contributed by atoms with E-state index in [1.807, 2.05) is 32.0 Å². The van der Waals surface area contributed by atoms with Crippen LogP contribution in [0.1, 0.15) is 13.8 Å². The van der Waals surface area contributed by atoms with Gasteiger partial charge >= 0.3 is 101 Å². The molecule has 0 unspecified atom stereocenters. The average Bonchev–Trinajstić information content (AvgIpc) is 2.76. The molecule has 0 aliphatic rings. The molecule has 0 atom stereocenters. The Balaban J connectivity index is 2.17. The summed E-state index contributed by atoms with van der Waals surface area (Å²) in [5, 5.41) is 4.15. The molecule has 0 aliphatic carbocycles. The van der Waals surface area contributed by atoms with E-state index in [4.69, 9.17) is 0 Å². The molecule has 3 nitrogen and oxygen atoms in total. The molecule has 0 bridgehead atoms. The van der Waals surface area contributed by atoms with Crippen LogP contribution in [-0.2, 0) is 0 Å². The van der Waals surface area contributed by atoms with E-state index in [0.717, 1.165) is 16.1 Å². The van der Waals surface area contributed by atoms with Crippen molar-refractivity contribution in [1.29, 1.82) is 0 Å².